The van der Waals surface area contributed by atoms with Gasteiger partial charge in [0.25, 0.3) is 0 Å². The number of hydrogen-bond acceptors (Lipinski definition) is 3. The van der Waals surface area contributed by atoms with Gasteiger partial charge in [-0.2, -0.15) is 4.98 Å². The van der Waals surface area contributed by atoms with Crippen LogP contribution in [0.15, 0.2) is 34.1 Å². The first-order valence-corrected chi connectivity index (χ1v) is 10.6. The molecule has 2 aliphatic rings. The van der Waals surface area contributed by atoms with Crippen molar-refractivity contribution < 1.29 is 0 Å². The van der Waals surface area contributed by atoms with Crippen molar-refractivity contribution >= 4 is 23.4 Å². The number of benzene rings is 1. The molecule has 1 saturated carbocycles. The lowest BCUT2D eigenvalue weighted by atomic mass is 9.95. The fourth-order valence-electron chi connectivity index (χ4n) is 4.14. The van der Waals surface area contributed by atoms with Crippen molar-refractivity contribution in [1.29, 1.82) is 0 Å². The SMILES string of the molecule is O=c1nc(SCc2ccccc2Cl)c2c(n1C1CCCCC1)CCC2. The number of thioether (sulfide) groups is 1. The maximum absolute atomic E-state index is 12.8. The van der Waals surface area contributed by atoms with Gasteiger partial charge in [-0.1, -0.05) is 49.1 Å². The Labute approximate surface area is 157 Å². The maximum Gasteiger partial charge on any atom is 0.349 e. The lowest BCUT2D eigenvalue weighted by Crippen LogP contribution is -2.31. The molecular weight excluding hydrogens is 352 g/mol. The Bertz CT molecular complexity index is 827. The molecule has 0 unspecified atom stereocenters. The van der Waals surface area contributed by atoms with Crippen LogP contribution in [0.25, 0.3) is 0 Å². The molecule has 4 rings (SSSR count). The zero-order chi connectivity index (χ0) is 17.2. The van der Waals surface area contributed by atoms with E-state index < -0.39 is 0 Å². The summed E-state index contributed by atoms with van der Waals surface area (Å²) in [6.07, 6.45) is 9.20. The topological polar surface area (TPSA) is 34.9 Å². The molecule has 5 heteroatoms. The highest BCUT2D eigenvalue weighted by Crippen LogP contribution is 2.35. The standard InChI is InChI=1S/C20H23ClN2OS/c21-17-11-5-4-7-14(17)13-25-19-16-10-6-12-18(16)23(20(24)22-19)15-8-2-1-3-9-15/h4-5,7,11,15H,1-3,6,8-10,12-13H2. The van der Waals surface area contributed by atoms with Crippen LogP contribution in [0.1, 0.15) is 61.4 Å². The molecule has 25 heavy (non-hydrogen) atoms. The van der Waals surface area contributed by atoms with Crippen LogP contribution in [0.2, 0.25) is 5.02 Å². The minimum atomic E-state index is -0.0470. The van der Waals surface area contributed by atoms with E-state index in [1.54, 1.807) is 11.8 Å². The van der Waals surface area contributed by atoms with Crippen molar-refractivity contribution in [3.8, 4) is 0 Å². The van der Waals surface area contributed by atoms with Crippen LogP contribution >= 0.6 is 23.4 Å². The first kappa shape index (κ1) is 17.2. The number of rotatable bonds is 4. The molecule has 0 aliphatic heterocycles. The molecule has 3 nitrogen and oxygen atoms in total. The molecule has 0 spiro atoms. The zero-order valence-electron chi connectivity index (χ0n) is 14.3. The number of nitrogens with zero attached hydrogens (tertiary/aromatic N) is 2. The normalized spacial score (nSPS) is 17.6. The van der Waals surface area contributed by atoms with Crippen LogP contribution in [0.5, 0.6) is 0 Å². The summed E-state index contributed by atoms with van der Waals surface area (Å²) in [4.78, 5) is 17.3. The highest BCUT2D eigenvalue weighted by Gasteiger charge is 2.26. The van der Waals surface area contributed by atoms with Crippen LogP contribution in [0.4, 0.5) is 0 Å². The molecule has 0 atom stereocenters. The highest BCUT2D eigenvalue weighted by atomic mass is 35.5. The highest BCUT2D eigenvalue weighted by molar-refractivity contribution is 7.98. The van der Waals surface area contributed by atoms with Gasteiger partial charge in [-0.25, -0.2) is 4.79 Å². The van der Waals surface area contributed by atoms with E-state index in [-0.39, 0.29) is 5.69 Å². The third-order valence-electron chi connectivity index (χ3n) is 5.40. The first-order chi connectivity index (χ1) is 12.2. The quantitative estimate of drug-likeness (QED) is 0.546. The number of halogens is 1. The Morgan fingerprint density at radius 2 is 1.92 bits per heavy atom. The molecule has 1 aromatic heterocycles. The van der Waals surface area contributed by atoms with Crippen LogP contribution in [0, 0.1) is 0 Å². The van der Waals surface area contributed by atoms with Gasteiger partial charge in [0.15, 0.2) is 0 Å². The van der Waals surface area contributed by atoms with Gasteiger partial charge < -0.3 is 0 Å². The zero-order valence-corrected chi connectivity index (χ0v) is 15.9. The van der Waals surface area contributed by atoms with Crippen molar-refractivity contribution in [3.63, 3.8) is 0 Å². The van der Waals surface area contributed by atoms with E-state index in [0.717, 1.165) is 53.5 Å². The van der Waals surface area contributed by atoms with Gasteiger partial charge in [0.05, 0.1) is 0 Å². The molecule has 1 heterocycles. The van der Waals surface area contributed by atoms with E-state index in [2.05, 4.69) is 4.98 Å². The molecule has 0 bridgehead atoms. The summed E-state index contributed by atoms with van der Waals surface area (Å²) in [5, 5.41) is 1.70. The van der Waals surface area contributed by atoms with Crippen LogP contribution in [-0.2, 0) is 18.6 Å². The molecular formula is C20H23ClN2OS. The Kier molecular flexibility index (Phi) is 5.18. The van der Waals surface area contributed by atoms with Gasteiger partial charge in [0.1, 0.15) is 5.03 Å². The molecule has 0 radical (unpaired) electrons. The molecule has 0 amide bonds. The van der Waals surface area contributed by atoms with Gasteiger partial charge >= 0.3 is 5.69 Å². The fourth-order valence-corrected chi connectivity index (χ4v) is 5.51. The van der Waals surface area contributed by atoms with Gasteiger partial charge in [-0.05, 0) is 43.7 Å². The van der Waals surface area contributed by atoms with Crippen molar-refractivity contribution in [2.24, 2.45) is 0 Å². The smallest absolute Gasteiger partial charge is 0.293 e. The van der Waals surface area contributed by atoms with E-state index in [9.17, 15) is 4.79 Å². The van der Waals surface area contributed by atoms with Crippen LogP contribution in [-0.4, -0.2) is 9.55 Å². The van der Waals surface area contributed by atoms with E-state index in [1.165, 1.54) is 30.5 Å². The Hall–Kier alpha value is -1.26. The van der Waals surface area contributed by atoms with Crippen molar-refractivity contribution in [2.45, 2.75) is 68.2 Å². The van der Waals surface area contributed by atoms with E-state index in [0.29, 0.717) is 6.04 Å². The van der Waals surface area contributed by atoms with E-state index in [4.69, 9.17) is 11.6 Å². The van der Waals surface area contributed by atoms with E-state index >= 15 is 0 Å². The molecule has 1 fully saturated rings. The second-order valence-electron chi connectivity index (χ2n) is 7.02. The van der Waals surface area contributed by atoms with Crippen LogP contribution in [0.3, 0.4) is 0 Å². The molecule has 0 N–H and O–H groups in total. The number of hydrogen-bond donors (Lipinski definition) is 0. The Balaban J connectivity index is 1.64. The summed E-state index contributed by atoms with van der Waals surface area (Å²) in [5.41, 5.74) is 3.61. The first-order valence-electron chi connectivity index (χ1n) is 9.24. The van der Waals surface area contributed by atoms with Gasteiger partial charge in [-0.15, -0.1) is 11.8 Å². The summed E-state index contributed by atoms with van der Waals surface area (Å²) in [6, 6.07) is 8.26. The largest absolute Gasteiger partial charge is 0.349 e. The Morgan fingerprint density at radius 3 is 2.72 bits per heavy atom. The van der Waals surface area contributed by atoms with Crippen molar-refractivity contribution in [1.82, 2.24) is 9.55 Å². The second kappa shape index (κ2) is 7.55. The summed E-state index contributed by atoms with van der Waals surface area (Å²) in [6.45, 7) is 0. The van der Waals surface area contributed by atoms with Crippen LogP contribution < -0.4 is 5.69 Å². The average Bonchev–Trinajstić information content (AvgIpc) is 3.11. The van der Waals surface area contributed by atoms with Crippen molar-refractivity contribution in [2.75, 3.05) is 0 Å². The summed E-state index contributed by atoms with van der Waals surface area (Å²) < 4.78 is 2.04. The molecule has 132 valence electrons. The lowest BCUT2D eigenvalue weighted by molar-refractivity contribution is 0.334. The number of fused-ring (bicyclic) bond motifs is 1. The van der Waals surface area contributed by atoms with Crippen molar-refractivity contribution in [3.05, 3.63) is 56.6 Å². The predicted octanol–water partition coefficient (Wildman–Crippen LogP) is 5.18. The van der Waals surface area contributed by atoms with Gasteiger partial charge in [0.2, 0.25) is 0 Å². The summed E-state index contributed by atoms with van der Waals surface area (Å²) >= 11 is 7.92. The fraction of sp³-hybridized carbons (Fsp3) is 0.500. The summed E-state index contributed by atoms with van der Waals surface area (Å²) in [5.74, 6) is 0.756. The maximum atomic E-state index is 12.8. The Morgan fingerprint density at radius 1 is 1.12 bits per heavy atom. The van der Waals surface area contributed by atoms with E-state index in [1.807, 2.05) is 28.8 Å². The lowest BCUT2D eigenvalue weighted by Gasteiger charge is -2.26. The molecule has 2 aliphatic carbocycles. The van der Waals surface area contributed by atoms with Gasteiger partial charge in [-0.3, -0.25) is 4.57 Å². The number of aromatic nitrogens is 2. The molecule has 2 aromatic rings. The third kappa shape index (κ3) is 3.52. The minimum Gasteiger partial charge on any atom is -0.293 e. The van der Waals surface area contributed by atoms with Gasteiger partial charge in [0, 0.05) is 28.1 Å². The summed E-state index contributed by atoms with van der Waals surface area (Å²) in [7, 11) is 0. The third-order valence-corrected chi connectivity index (χ3v) is 6.84. The molecule has 1 aromatic carbocycles. The average molecular weight is 375 g/mol. The molecule has 0 saturated heterocycles. The monoisotopic (exact) mass is 374 g/mol. The predicted molar refractivity (Wildman–Crippen MR) is 104 cm³/mol. The minimum absolute atomic E-state index is 0.0470. The second-order valence-corrected chi connectivity index (χ2v) is 8.39.